The quantitative estimate of drug-likeness (QED) is 0.686. The highest BCUT2D eigenvalue weighted by Gasteiger charge is 2.37. The number of hydrogen-bond acceptors (Lipinski definition) is 2. The van der Waals surface area contributed by atoms with Crippen molar-refractivity contribution in [3.63, 3.8) is 0 Å². The highest BCUT2D eigenvalue weighted by molar-refractivity contribution is 5.95. The summed E-state index contributed by atoms with van der Waals surface area (Å²) >= 11 is 0. The first-order chi connectivity index (χ1) is 12.8. The number of nitrogens with one attached hydrogen (secondary N) is 1. The Kier molecular flexibility index (Phi) is 3.66. The highest BCUT2D eigenvalue weighted by atomic mass is 16.5. The minimum Gasteiger partial charge on any atom is -0.489 e. The molecule has 0 fully saturated rings. The van der Waals surface area contributed by atoms with Crippen LogP contribution >= 0.6 is 0 Å². The normalized spacial score (nSPS) is 21.5. The minimum absolute atomic E-state index is 0.148. The highest BCUT2D eigenvalue weighted by Crippen LogP contribution is 2.43. The molecule has 1 heterocycles. The predicted octanol–water partition coefficient (Wildman–Crippen LogP) is 4.92. The van der Waals surface area contributed by atoms with E-state index in [1.165, 1.54) is 11.3 Å². The number of benzene rings is 2. The van der Waals surface area contributed by atoms with Crippen LogP contribution in [-0.2, 0) is 17.8 Å². The Hall–Kier alpha value is -2.81. The van der Waals surface area contributed by atoms with E-state index in [0.29, 0.717) is 24.7 Å². The third kappa shape index (κ3) is 2.55. The number of H-pyrrole nitrogens is 1. The average Bonchev–Trinajstić information content (AvgIpc) is 3.05. The Morgan fingerprint density at radius 1 is 1.00 bits per heavy atom. The summed E-state index contributed by atoms with van der Waals surface area (Å²) in [6.07, 6.45) is 6.73. The molecule has 3 nitrogen and oxygen atoms in total. The van der Waals surface area contributed by atoms with Gasteiger partial charge in [-0.05, 0) is 42.2 Å². The molecule has 5 rings (SSSR count). The average molecular weight is 343 g/mol. The van der Waals surface area contributed by atoms with Crippen molar-refractivity contribution in [3.8, 4) is 5.75 Å². The van der Waals surface area contributed by atoms with Gasteiger partial charge in [-0.1, -0.05) is 42.5 Å². The molecule has 2 aromatic carbocycles. The summed E-state index contributed by atoms with van der Waals surface area (Å²) < 4.78 is 5.98. The van der Waals surface area contributed by atoms with Crippen molar-refractivity contribution in [2.24, 2.45) is 5.92 Å². The van der Waals surface area contributed by atoms with E-state index in [2.05, 4.69) is 41.4 Å². The molecule has 26 heavy (non-hydrogen) atoms. The third-order valence-corrected chi connectivity index (χ3v) is 5.73. The zero-order valence-corrected chi connectivity index (χ0v) is 14.6. The van der Waals surface area contributed by atoms with Crippen LogP contribution < -0.4 is 4.74 Å². The van der Waals surface area contributed by atoms with Crippen molar-refractivity contribution in [1.29, 1.82) is 0 Å². The van der Waals surface area contributed by atoms with Crippen LogP contribution in [-0.4, -0.2) is 10.8 Å². The van der Waals surface area contributed by atoms with Gasteiger partial charge in [-0.3, -0.25) is 4.79 Å². The van der Waals surface area contributed by atoms with Gasteiger partial charge in [0.1, 0.15) is 18.1 Å². The molecule has 0 amide bonds. The topological polar surface area (TPSA) is 42.1 Å². The third-order valence-electron chi connectivity index (χ3n) is 5.73. The summed E-state index contributed by atoms with van der Waals surface area (Å²) in [5.74, 6) is 1.68. The second-order valence-electron chi connectivity index (χ2n) is 7.30. The van der Waals surface area contributed by atoms with Crippen LogP contribution in [0.2, 0.25) is 0 Å². The van der Waals surface area contributed by atoms with Crippen LogP contribution in [0.25, 0.3) is 10.9 Å². The maximum atomic E-state index is 12.6. The van der Waals surface area contributed by atoms with Gasteiger partial charge >= 0.3 is 0 Å². The lowest BCUT2D eigenvalue weighted by Crippen LogP contribution is -2.30. The number of carbonyl (C=O) groups is 1. The predicted molar refractivity (Wildman–Crippen MR) is 102 cm³/mol. The SMILES string of the molecule is O=C1Cc2c([nH]c3ccc(OCc4ccccc4)cc23)[C@@H]2CC=CC[C@H]12. The summed E-state index contributed by atoms with van der Waals surface area (Å²) in [4.78, 5) is 16.2. The van der Waals surface area contributed by atoms with Gasteiger partial charge in [0.05, 0.1) is 0 Å². The number of ketones is 1. The fourth-order valence-corrected chi connectivity index (χ4v) is 4.38. The Labute approximate surface area is 152 Å². The number of aromatic amines is 1. The molecule has 0 unspecified atom stereocenters. The Bertz CT molecular complexity index is 1000. The van der Waals surface area contributed by atoms with E-state index in [9.17, 15) is 4.79 Å². The molecule has 0 spiro atoms. The lowest BCUT2D eigenvalue weighted by molar-refractivity contribution is -0.123. The van der Waals surface area contributed by atoms with Crippen LogP contribution in [0.1, 0.15) is 35.6 Å². The number of hydrogen-bond donors (Lipinski definition) is 1. The molecule has 130 valence electrons. The van der Waals surface area contributed by atoms with Gasteiger partial charge in [-0.2, -0.15) is 0 Å². The van der Waals surface area contributed by atoms with E-state index < -0.39 is 0 Å². The molecule has 1 N–H and O–H groups in total. The molecule has 2 atom stereocenters. The summed E-state index contributed by atoms with van der Waals surface area (Å²) in [6, 6.07) is 16.3. The fourth-order valence-electron chi connectivity index (χ4n) is 4.38. The van der Waals surface area contributed by atoms with Gasteiger partial charge in [-0.15, -0.1) is 0 Å². The maximum absolute atomic E-state index is 12.6. The van der Waals surface area contributed by atoms with Crippen LogP contribution in [0.4, 0.5) is 0 Å². The first-order valence-corrected chi connectivity index (χ1v) is 9.28. The summed E-state index contributed by atoms with van der Waals surface area (Å²) in [7, 11) is 0. The maximum Gasteiger partial charge on any atom is 0.141 e. The molecule has 0 saturated carbocycles. The van der Waals surface area contributed by atoms with Crippen LogP contribution in [0, 0.1) is 5.92 Å². The zero-order valence-electron chi connectivity index (χ0n) is 14.6. The molecular formula is C23H21NO2. The van der Waals surface area contributed by atoms with Gasteiger partial charge in [0.2, 0.25) is 0 Å². The van der Waals surface area contributed by atoms with Gasteiger partial charge in [-0.25, -0.2) is 0 Å². The monoisotopic (exact) mass is 343 g/mol. The van der Waals surface area contributed by atoms with E-state index >= 15 is 0 Å². The first-order valence-electron chi connectivity index (χ1n) is 9.28. The number of rotatable bonds is 3. The second-order valence-corrected chi connectivity index (χ2v) is 7.30. The van der Waals surface area contributed by atoms with Crippen LogP contribution in [0.15, 0.2) is 60.7 Å². The number of carbonyl (C=O) groups excluding carboxylic acids is 1. The van der Waals surface area contributed by atoms with E-state index in [1.807, 2.05) is 24.3 Å². The van der Waals surface area contributed by atoms with Crippen molar-refractivity contribution in [3.05, 3.63) is 77.5 Å². The Morgan fingerprint density at radius 2 is 1.81 bits per heavy atom. The molecule has 2 aliphatic rings. The molecule has 1 aromatic heterocycles. The summed E-state index contributed by atoms with van der Waals surface area (Å²) in [6.45, 7) is 0.549. The first kappa shape index (κ1) is 15.4. The van der Waals surface area contributed by atoms with Crippen molar-refractivity contribution >= 4 is 16.7 Å². The molecule has 3 heteroatoms. The number of aromatic nitrogens is 1. The molecule has 0 radical (unpaired) electrons. The molecule has 0 saturated heterocycles. The van der Waals surface area contributed by atoms with Gasteiger partial charge in [0.15, 0.2) is 0 Å². The molecule has 3 aromatic rings. The number of ether oxygens (including phenoxy) is 1. The number of Topliss-reactive ketones (excluding diaryl/α,β-unsaturated/α-hetero) is 1. The summed E-state index contributed by atoms with van der Waals surface area (Å²) in [5, 5.41) is 1.13. The molecule has 0 bridgehead atoms. The van der Waals surface area contributed by atoms with E-state index in [-0.39, 0.29) is 5.92 Å². The van der Waals surface area contributed by atoms with Gasteiger partial charge < -0.3 is 9.72 Å². The lowest BCUT2D eigenvalue weighted by atomic mass is 9.72. The van der Waals surface area contributed by atoms with Gasteiger partial charge in [0.25, 0.3) is 0 Å². The molecule has 2 aliphatic carbocycles. The number of fused-ring (bicyclic) bond motifs is 5. The van der Waals surface area contributed by atoms with E-state index in [0.717, 1.165) is 35.1 Å². The summed E-state index contributed by atoms with van der Waals surface area (Å²) in [5.41, 5.74) is 4.68. The van der Waals surface area contributed by atoms with Gasteiger partial charge in [0, 0.05) is 34.9 Å². The Morgan fingerprint density at radius 3 is 2.65 bits per heavy atom. The smallest absolute Gasteiger partial charge is 0.141 e. The minimum atomic E-state index is 0.148. The standard InChI is InChI=1S/C23H21NO2/c25-22-13-20-19-12-16(26-14-15-6-2-1-3-7-15)10-11-21(19)24-23(20)18-9-5-4-8-17(18)22/h1-7,10-12,17-18,24H,8-9,13-14H2/t17-,18+/m0/s1. The van der Waals surface area contributed by atoms with Crippen molar-refractivity contribution < 1.29 is 9.53 Å². The number of allylic oxidation sites excluding steroid dienone is 2. The van der Waals surface area contributed by atoms with Crippen LogP contribution in [0.5, 0.6) is 5.75 Å². The Balaban J connectivity index is 1.49. The lowest BCUT2D eigenvalue weighted by Gasteiger charge is -2.31. The van der Waals surface area contributed by atoms with E-state index in [1.54, 1.807) is 0 Å². The van der Waals surface area contributed by atoms with Crippen molar-refractivity contribution in [2.75, 3.05) is 0 Å². The fraction of sp³-hybridized carbons (Fsp3) is 0.261. The van der Waals surface area contributed by atoms with Crippen LogP contribution in [0.3, 0.4) is 0 Å². The molecular weight excluding hydrogens is 322 g/mol. The van der Waals surface area contributed by atoms with Crippen molar-refractivity contribution in [2.45, 2.75) is 31.8 Å². The second kappa shape index (κ2) is 6.17. The largest absolute Gasteiger partial charge is 0.489 e. The zero-order chi connectivity index (χ0) is 17.5. The van der Waals surface area contributed by atoms with Crippen molar-refractivity contribution in [1.82, 2.24) is 4.98 Å². The molecule has 0 aliphatic heterocycles. The van der Waals surface area contributed by atoms with E-state index in [4.69, 9.17) is 4.74 Å².